The van der Waals surface area contributed by atoms with E-state index in [1.807, 2.05) is 6.92 Å². The van der Waals surface area contributed by atoms with E-state index in [-0.39, 0.29) is 21.8 Å². The average molecular weight is 350 g/mol. The van der Waals surface area contributed by atoms with Crippen LogP contribution in [-0.2, 0) is 6.18 Å². The van der Waals surface area contributed by atoms with Crippen molar-refractivity contribution in [1.82, 2.24) is 10.2 Å². The summed E-state index contributed by atoms with van der Waals surface area (Å²) in [5, 5.41) is 7.47. The van der Waals surface area contributed by atoms with Crippen LogP contribution in [0.3, 0.4) is 0 Å². The Labute approximate surface area is 121 Å². The molecule has 0 saturated carbocycles. The van der Waals surface area contributed by atoms with Crippen LogP contribution < -0.4 is 5.73 Å². The summed E-state index contributed by atoms with van der Waals surface area (Å²) in [6, 6.07) is 3.29. The van der Waals surface area contributed by atoms with Gasteiger partial charge in [0.15, 0.2) is 0 Å². The van der Waals surface area contributed by atoms with Crippen LogP contribution in [0.2, 0.25) is 0 Å². The first-order valence-corrected chi connectivity index (χ1v) is 6.58. The normalized spacial score (nSPS) is 13.5. The third kappa shape index (κ3) is 3.01. The zero-order chi connectivity index (χ0) is 14.9. The Balaban J connectivity index is 2.41. The van der Waals surface area contributed by atoms with Gasteiger partial charge in [-0.15, -0.1) is 10.2 Å². The molecule has 1 unspecified atom stereocenters. The van der Waals surface area contributed by atoms with E-state index >= 15 is 0 Å². The van der Waals surface area contributed by atoms with Gasteiger partial charge in [-0.25, -0.2) is 0 Å². The van der Waals surface area contributed by atoms with Crippen LogP contribution in [-0.4, -0.2) is 10.2 Å². The van der Waals surface area contributed by atoms with Crippen molar-refractivity contribution in [3.8, 4) is 11.5 Å². The fourth-order valence-corrected chi connectivity index (χ4v) is 2.02. The third-order valence-electron chi connectivity index (χ3n) is 2.72. The first-order chi connectivity index (χ1) is 9.32. The van der Waals surface area contributed by atoms with E-state index in [0.717, 1.165) is 6.07 Å². The number of nitrogens with zero attached hydrogens (tertiary/aromatic N) is 2. The summed E-state index contributed by atoms with van der Waals surface area (Å²) in [5.74, 6) is 0.223. The Morgan fingerprint density at radius 2 is 2.05 bits per heavy atom. The zero-order valence-electron chi connectivity index (χ0n) is 10.4. The highest BCUT2D eigenvalue weighted by atomic mass is 79.9. The van der Waals surface area contributed by atoms with E-state index in [1.165, 1.54) is 12.1 Å². The minimum atomic E-state index is -4.46. The number of halogens is 4. The first-order valence-electron chi connectivity index (χ1n) is 5.79. The molecule has 2 rings (SSSR count). The molecule has 4 nitrogen and oxygen atoms in total. The summed E-state index contributed by atoms with van der Waals surface area (Å²) in [6.45, 7) is 1.84. The smallest absolute Gasteiger partial charge is 0.417 e. The fourth-order valence-electron chi connectivity index (χ4n) is 1.55. The molecule has 0 bridgehead atoms. The minimum absolute atomic E-state index is 0.0156. The topological polar surface area (TPSA) is 64.9 Å². The molecule has 0 amide bonds. The van der Waals surface area contributed by atoms with Crippen LogP contribution in [0.25, 0.3) is 11.5 Å². The number of hydrogen-bond donors (Lipinski definition) is 1. The van der Waals surface area contributed by atoms with E-state index in [2.05, 4.69) is 26.1 Å². The van der Waals surface area contributed by atoms with Gasteiger partial charge in [-0.2, -0.15) is 13.2 Å². The maximum atomic E-state index is 12.8. The maximum absolute atomic E-state index is 12.8. The van der Waals surface area contributed by atoms with E-state index in [9.17, 15) is 13.2 Å². The Morgan fingerprint density at radius 1 is 1.35 bits per heavy atom. The van der Waals surface area contributed by atoms with E-state index in [0.29, 0.717) is 6.42 Å². The molecule has 1 heterocycles. The minimum Gasteiger partial charge on any atom is -0.419 e. The van der Waals surface area contributed by atoms with Crippen LogP contribution in [0.5, 0.6) is 0 Å². The molecule has 0 aliphatic carbocycles. The number of hydrogen-bond acceptors (Lipinski definition) is 4. The lowest BCUT2D eigenvalue weighted by Gasteiger charge is -2.09. The van der Waals surface area contributed by atoms with Crippen LogP contribution in [0, 0.1) is 0 Å². The number of benzene rings is 1. The number of aromatic nitrogens is 2. The quantitative estimate of drug-likeness (QED) is 0.911. The lowest BCUT2D eigenvalue weighted by Crippen LogP contribution is -2.08. The Kier molecular flexibility index (Phi) is 4.14. The highest BCUT2D eigenvalue weighted by molar-refractivity contribution is 9.10. The predicted octanol–water partition coefficient (Wildman–Crippen LogP) is 3.93. The van der Waals surface area contributed by atoms with Crippen LogP contribution in [0.4, 0.5) is 13.2 Å². The van der Waals surface area contributed by atoms with Crippen molar-refractivity contribution in [1.29, 1.82) is 0 Å². The van der Waals surface area contributed by atoms with Gasteiger partial charge in [0.2, 0.25) is 11.8 Å². The Bertz CT molecular complexity index is 612. The molecule has 108 valence electrons. The summed E-state index contributed by atoms with van der Waals surface area (Å²) >= 11 is 2.87. The third-order valence-corrected chi connectivity index (χ3v) is 3.41. The van der Waals surface area contributed by atoms with Gasteiger partial charge in [-0.05, 0) is 24.6 Å². The predicted molar refractivity (Wildman–Crippen MR) is 69.7 cm³/mol. The monoisotopic (exact) mass is 349 g/mol. The molecule has 1 aromatic carbocycles. The second-order valence-corrected chi connectivity index (χ2v) is 5.01. The van der Waals surface area contributed by atoms with E-state index in [1.54, 1.807) is 0 Å². The summed E-state index contributed by atoms with van der Waals surface area (Å²) in [6.07, 6.45) is -3.87. The van der Waals surface area contributed by atoms with E-state index in [4.69, 9.17) is 10.2 Å². The second kappa shape index (κ2) is 5.53. The van der Waals surface area contributed by atoms with Gasteiger partial charge in [0.1, 0.15) is 0 Å². The summed E-state index contributed by atoms with van der Waals surface area (Å²) in [7, 11) is 0. The van der Waals surface area contributed by atoms with Crippen molar-refractivity contribution in [2.75, 3.05) is 0 Å². The van der Waals surface area contributed by atoms with Gasteiger partial charge in [0.05, 0.1) is 11.6 Å². The van der Waals surface area contributed by atoms with Crippen molar-refractivity contribution >= 4 is 15.9 Å². The standard InChI is InChI=1S/C12H11BrF3N3O/c1-2-9(17)11-19-18-10(20-11)6-3-4-8(13)7(5-6)12(14,15)16/h3-5,9H,2,17H2,1H3. The first kappa shape index (κ1) is 15.0. The number of rotatable bonds is 3. The van der Waals surface area contributed by atoms with Crippen LogP contribution in [0.1, 0.15) is 30.8 Å². The molecule has 0 radical (unpaired) electrons. The molecule has 1 aromatic heterocycles. The van der Waals surface area contributed by atoms with E-state index < -0.39 is 17.8 Å². The average Bonchev–Trinajstić information content (AvgIpc) is 2.86. The highest BCUT2D eigenvalue weighted by Crippen LogP contribution is 2.37. The van der Waals surface area contributed by atoms with Crippen LogP contribution >= 0.6 is 15.9 Å². The molecule has 2 N–H and O–H groups in total. The molecule has 20 heavy (non-hydrogen) atoms. The maximum Gasteiger partial charge on any atom is 0.417 e. The molecule has 2 aromatic rings. The molecular weight excluding hydrogens is 339 g/mol. The lowest BCUT2D eigenvalue weighted by molar-refractivity contribution is -0.138. The van der Waals surface area contributed by atoms with Crippen molar-refractivity contribution in [2.45, 2.75) is 25.6 Å². The molecule has 1 atom stereocenters. The van der Waals surface area contributed by atoms with Crippen LogP contribution in [0.15, 0.2) is 27.1 Å². The molecular formula is C12H11BrF3N3O. The Morgan fingerprint density at radius 3 is 2.65 bits per heavy atom. The van der Waals surface area contributed by atoms with Gasteiger partial charge in [-0.1, -0.05) is 22.9 Å². The molecule has 0 aliphatic rings. The number of nitrogens with two attached hydrogens (primary N) is 1. The van der Waals surface area contributed by atoms with Crippen molar-refractivity contribution in [3.05, 3.63) is 34.1 Å². The Hall–Kier alpha value is -1.41. The van der Waals surface area contributed by atoms with Crippen molar-refractivity contribution < 1.29 is 17.6 Å². The summed E-state index contributed by atoms with van der Waals surface area (Å²) in [4.78, 5) is 0. The zero-order valence-corrected chi connectivity index (χ0v) is 12.0. The molecule has 8 heteroatoms. The number of alkyl halides is 3. The lowest BCUT2D eigenvalue weighted by atomic mass is 10.1. The molecule has 0 saturated heterocycles. The van der Waals surface area contributed by atoms with Crippen molar-refractivity contribution in [3.63, 3.8) is 0 Å². The summed E-state index contributed by atoms with van der Waals surface area (Å²) in [5.41, 5.74) is 5.13. The fraction of sp³-hybridized carbons (Fsp3) is 0.333. The van der Waals surface area contributed by atoms with Crippen molar-refractivity contribution in [2.24, 2.45) is 5.73 Å². The molecule has 0 spiro atoms. The summed E-state index contributed by atoms with van der Waals surface area (Å²) < 4.78 is 43.7. The molecule has 0 aliphatic heterocycles. The SMILES string of the molecule is CCC(N)c1nnc(-c2ccc(Br)c(C(F)(F)F)c2)o1. The van der Waals surface area contributed by atoms with Gasteiger partial charge < -0.3 is 10.2 Å². The van der Waals surface area contributed by atoms with Gasteiger partial charge >= 0.3 is 6.18 Å². The molecule has 0 fully saturated rings. The highest BCUT2D eigenvalue weighted by Gasteiger charge is 2.33. The van der Waals surface area contributed by atoms with Gasteiger partial charge in [0.25, 0.3) is 0 Å². The largest absolute Gasteiger partial charge is 0.419 e. The van der Waals surface area contributed by atoms with Gasteiger partial charge in [-0.3, -0.25) is 0 Å². The van der Waals surface area contributed by atoms with Gasteiger partial charge in [0, 0.05) is 10.0 Å². The second-order valence-electron chi connectivity index (χ2n) is 4.15.